The maximum absolute atomic E-state index is 12.0. The first kappa shape index (κ1) is 14.8. The number of carbonyl (C=O) groups is 2. The predicted octanol–water partition coefficient (Wildman–Crippen LogP) is 1.48. The van der Waals surface area contributed by atoms with E-state index in [1.807, 2.05) is 18.2 Å². The second-order valence-corrected chi connectivity index (χ2v) is 5.83. The van der Waals surface area contributed by atoms with Gasteiger partial charge in [-0.15, -0.1) is 0 Å². The molecule has 0 bridgehead atoms. The number of nitrogens with zero attached hydrogens (tertiary/aromatic N) is 2. The van der Waals surface area contributed by atoms with E-state index in [9.17, 15) is 9.59 Å². The largest absolute Gasteiger partial charge is 0.481 e. The predicted molar refractivity (Wildman–Crippen MR) is 82.1 cm³/mol. The number of carbonyl (C=O) groups excluding carboxylic acids is 1. The number of benzene rings is 1. The van der Waals surface area contributed by atoms with Crippen molar-refractivity contribution >= 4 is 23.3 Å². The fourth-order valence-corrected chi connectivity index (χ4v) is 3.22. The Morgan fingerprint density at radius 3 is 2.73 bits per heavy atom. The van der Waals surface area contributed by atoms with Crippen molar-refractivity contribution in [3.63, 3.8) is 0 Å². The SMILES string of the molecule is COCN1C(=O)Cc2cc(N3CCC(C(=O)O)CC3)ccc21. The number of piperidine rings is 1. The summed E-state index contributed by atoms with van der Waals surface area (Å²) >= 11 is 0. The Balaban J connectivity index is 1.74. The summed E-state index contributed by atoms with van der Waals surface area (Å²) < 4.78 is 5.07. The fourth-order valence-electron chi connectivity index (χ4n) is 3.22. The minimum atomic E-state index is -0.700. The molecule has 22 heavy (non-hydrogen) atoms. The Morgan fingerprint density at radius 1 is 1.36 bits per heavy atom. The summed E-state index contributed by atoms with van der Waals surface area (Å²) in [6.07, 6.45) is 1.74. The molecular formula is C16H20N2O4. The molecule has 1 amide bonds. The minimum absolute atomic E-state index is 0.0542. The molecule has 2 heterocycles. The summed E-state index contributed by atoms with van der Waals surface area (Å²) in [4.78, 5) is 26.9. The number of carboxylic acids is 1. The third-order valence-corrected chi connectivity index (χ3v) is 4.46. The third kappa shape index (κ3) is 2.66. The van der Waals surface area contributed by atoms with Gasteiger partial charge in [-0.1, -0.05) is 0 Å². The minimum Gasteiger partial charge on any atom is -0.481 e. The first-order valence-corrected chi connectivity index (χ1v) is 7.50. The van der Waals surface area contributed by atoms with E-state index < -0.39 is 5.97 Å². The van der Waals surface area contributed by atoms with E-state index in [1.54, 1.807) is 12.0 Å². The molecular weight excluding hydrogens is 284 g/mol. The standard InChI is InChI=1S/C16H20N2O4/c1-22-10-18-14-3-2-13(8-12(14)9-15(18)19)17-6-4-11(5-7-17)16(20)21/h2-3,8,11H,4-7,9-10H2,1H3,(H,20,21). The molecule has 1 fully saturated rings. The van der Waals surface area contributed by atoms with Gasteiger partial charge in [0.1, 0.15) is 6.73 Å². The van der Waals surface area contributed by atoms with Gasteiger partial charge in [0.15, 0.2) is 0 Å². The number of rotatable bonds is 4. The summed E-state index contributed by atoms with van der Waals surface area (Å²) in [5.74, 6) is -0.877. The molecule has 0 saturated carbocycles. The van der Waals surface area contributed by atoms with Crippen molar-refractivity contribution < 1.29 is 19.4 Å². The van der Waals surface area contributed by atoms with Crippen molar-refractivity contribution in [3.8, 4) is 0 Å². The van der Waals surface area contributed by atoms with Gasteiger partial charge in [-0.3, -0.25) is 14.5 Å². The smallest absolute Gasteiger partial charge is 0.306 e. The number of fused-ring (bicyclic) bond motifs is 1. The van der Waals surface area contributed by atoms with Crippen molar-refractivity contribution in [3.05, 3.63) is 23.8 Å². The van der Waals surface area contributed by atoms with Gasteiger partial charge >= 0.3 is 5.97 Å². The van der Waals surface area contributed by atoms with Crippen molar-refractivity contribution in [2.45, 2.75) is 19.3 Å². The van der Waals surface area contributed by atoms with E-state index in [1.165, 1.54) is 0 Å². The van der Waals surface area contributed by atoms with Crippen LogP contribution in [-0.2, 0) is 20.7 Å². The van der Waals surface area contributed by atoms with Crippen LogP contribution in [-0.4, -0.2) is 43.9 Å². The van der Waals surface area contributed by atoms with Crippen LogP contribution in [0.25, 0.3) is 0 Å². The molecule has 0 unspecified atom stereocenters. The van der Waals surface area contributed by atoms with Gasteiger partial charge in [-0.2, -0.15) is 0 Å². The summed E-state index contributed by atoms with van der Waals surface area (Å²) in [5.41, 5.74) is 2.99. The van der Waals surface area contributed by atoms with E-state index in [-0.39, 0.29) is 18.6 Å². The van der Waals surface area contributed by atoms with E-state index >= 15 is 0 Å². The zero-order chi connectivity index (χ0) is 15.7. The molecule has 6 heteroatoms. The number of amides is 1. The summed E-state index contributed by atoms with van der Waals surface area (Å²) in [6, 6.07) is 6.00. The van der Waals surface area contributed by atoms with Crippen LogP contribution >= 0.6 is 0 Å². The van der Waals surface area contributed by atoms with Crippen molar-refractivity contribution in [1.82, 2.24) is 0 Å². The second kappa shape index (κ2) is 5.96. The molecule has 118 valence electrons. The lowest BCUT2D eigenvalue weighted by Crippen LogP contribution is -2.36. The lowest BCUT2D eigenvalue weighted by atomic mass is 9.96. The molecule has 1 aromatic rings. The van der Waals surface area contributed by atoms with Crippen LogP contribution in [0.4, 0.5) is 11.4 Å². The topological polar surface area (TPSA) is 70.1 Å². The maximum atomic E-state index is 12.0. The number of methoxy groups -OCH3 is 1. The highest BCUT2D eigenvalue weighted by Gasteiger charge is 2.29. The van der Waals surface area contributed by atoms with Gasteiger partial charge in [0.2, 0.25) is 5.91 Å². The van der Waals surface area contributed by atoms with E-state index in [2.05, 4.69) is 4.90 Å². The Morgan fingerprint density at radius 2 is 2.09 bits per heavy atom. The highest BCUT2D eigenvalue weighted by molar-refractivity contribution is 6.01. The zero-order valence-corrected chi connectivity index (χ0v) is 12.6. The van der Waals surface area contributed by atoms with Gasteiger partial charge in [0.25, 0.3) is 0 Å². The molecule has 0 atom stereocenters. The second-order valence-electron chi connectivity index (χ2n) is 5.83. The molecule has 6 nitrogen and oxygen atoms in total. The molecule has 2 aliphatic heterocycles. The van der Waals surface area contributed by atoms with Gasteiger partial charge in [0.05, 0.1) is 12.3 Å². The third-order valence-electron chi connectivity index (χ3n) is 4.46. The summed E-state index contributed by atoms with van der Waals surface area (Å²) in [5, 5.41) is 9.06. The van der Waals surface area contributed by atoms with Gasteiger partial charge in [-0.05, 0) is 36.6 Å². The van der Waals surface area contributed by atoms with E-state index in [0.29, 0.717) is 19.3 Å². The van der Waals surface area contributed by atoms with Crippen molar-refractivity contribution in [2.75, 3.05) is 36.7 Å². The Bertz CT molecular complexity index is 594. The molecule has 0 aromatic heterocycles. The lowest BCUT2D eigenvalue weighted by Gasteiger charge is -2.32. The molecule has 1 saturated heterocycles. The average molecular weight is 304 g/mol. The quantitative estimate of drug-likeness (QED) is 0.912. The fraction of sp³-hybridized carbons (Fsp3) is 0.500. The molecule has 1 aromatic carbocycles. The Kier molecular flexibility index (Phi) is 4.02. The zero-order valence-electron chi connectivity index (χ0n) is 12.6. The van der Waals surface area contributed by atoms with Crippen LogP contribution in [0, 0.1) is 5.92 Å². The van der Waals surface area contributed by atoms with Gasteiger partial charge in [-0.25, -0.2) is 0 Å². The molecule has 0 spiro atoms. The molecule has 1 N–H and O–H groups in total. The molecule has 2 aliphatic rings. The first-order valence-electron chi connectivity index (χ1n) is 7.50. The van der Waals surface area contributed by atoms with Crippen molar-refractivity contribution in [2.24, 2.45) is 5.92 Å². The van der Waals surface area contributed by atoms with Crippen LogP contribution in [0.3, 0.4) is 0 Å². The maximum Gasteiger partial charge on any atom is 0.306 e. The van der Waals surface area contributed by atoms with Gasteiger partial charge < -0.3 is 14.7 Å². The Labute approximate surface area is 129 Å². The van der Waals surface area contributed by atoms with Crippen LogP contribution in [0.1, 0.15) is 18.4 Å². The first-order chi connectivity index (χ1) is 10.6. The summed E-state index contributed by atoms with van der Waals surface area (Å²) in [7, 11) is 1.58. The summed E-state index contributed by atoms with van der Waals surface area (Å²) in [6.45, 7) is 1.76. The number of anilines is 2. The normalized spacial score (nSPS) is 18.7. The number of aliphatic carboxylic acids is 1. The highest BCUT2D eigenvalue weighted by atomic mass is 16.5. The Hall–Kier alpha value is -2.08. The molecule has 0 aliphatic carbocycles. The number of carboxylic acid groups (broad SMARTS) is 1. The lowest BCUT2D eigenvalue weighted by molar-refractivity contribution is -0.142. The average Bonchev–Trinajstić information content (AvgIpc) is 2.83. The molecule has 0 radical (unpaired) electrons. The number of hydrogen-bond donors (Lipinski definition) is 1. The van der Waals surface area contributed by atoms with Crippen LogP contribution < -0.4 is 9.80 Å². The van der Waals surface area contributed by atoms with E-state index in [0.717, 1.165) is 30.0 Å². The number of hydrogen-bond acceptors (Lipinski definition) is 4. The van der Waals surface area contributed by atoms with Crippen LogP contribution in [0.15, 0.2) is 18.2 Å². The highest BCUT2D eigenvalue weighted by Crippen LogP contribution is 2.33. The van der Waals surface area contributed by atoms with Crippen LogP contribution in [0.5, 0.6) is 0 Å². The van der Waals surface area contributed by atoms with Gasteiger partial charge in [0, 0.05) is 31.6 Å². The van der Waals surface area contributed by atoms with Crippen molar-refractivity contribution in [1.29, 1.82) is 0 Å². The van der Waals surface area contributed by atoms with Crippen LogP contribution in [0.2, 0.25) is 0 Å². The monoisotopic (exact) mass is 304 g/mol. The number of ether oxygens (including phenoxy) is 1. The van der Waals surface area contributed by atoms with E-state index in [4.69, 9.17) is 9.84 Å². The molecule has 3 rings (SSSR count).